The van der Waals surface area contributed by atoms with Gasteiger partial charge in [-0.05, 0) is 55.8 Å². The van der Waals surface area contributed by atoms with Gasteiger partial charge in [0, 0.05) is 11.3 Å². The second-order valence-electron chi connectivity index (χ2n) is 6.56. The third-order valence-electron chi connectivity index (χ3n) is 4.29. The van der Waals surface area contributed by atoms with Gasteiger partial charge in [0.05, 0.1) is 11.3 Å². The van der Waals surface area contributed by atoms with Crippen LogP contribution in [0.3, 0.4) is 0 Å². The van der Waals surface area contributed by atoms with Gasteiger partial charge in [-0.1, -0.05) is 42.0 Å². The van der Waals surface area contributed by atoms with Crippen molar-refractivity contribution in [3.8, 4) is 5.75 Å². The molecule has 6 heteroatoms. The van der Waals surface area contributed by atoms with Crippen molar-refractivity contribution in [3.05, 3.63) is 95.1 Å². The van der Waals surface area contributed by atoms with E-state index in [1.165, 1.54) is 12.1 Å². The van der Waals surface area contributed by atoms with Crippen LogP contribution in [0.15, 0.2) is 77.9 Å². The lowest BCUT2D eigenvalue weighted by Gasteiger charge is -2.08. The molecule has 0 aliphatic rings. The van der Waals surface area contributed by atoms with Crippen LogP contribution in [0.1, 0.15) is 38.8 Å². The lowest BCUT2D eigenvalue weighted by molar-refractivity contribution is 0.0951. The van der Waals surface area contributed by atoms with Gasteiger partial charge in [-0.15, -0.1) is 0 Å². The summed E-state index contributed by atoms with van der Waals surface area (Å²) in [6.45, 7) is 3.67. The van der Waals surface area contributed by atoms with E-state index in [0.29, 0.717) is 17.0 Å². The van der Waals surface area contributed by atoms with Gasteiger partial charge in [-0.25, -0.2) is 5.43 Å². The summed E-state index contributed by atoms with van der Waals surface area (Å²) in [6, 6.07) is 20.8. The van der Waals surface area contributed by atoms with Gasteiger partial charge >= 0.3 is 0 Å². The van der Waals surface area contributed by atoms with Gasteiger partial charge in [0.25, 0.3) is 11.8 Å². The summed E-state index contributed by atoms with van der Waals surface area (Å²) in [5.74, 6) is -0.821. The molecule has 3 rings (SSSR count). The number of benzene rings is 3. The Morgan fingerprint density at radius 1 is 0.862 bits per heavy atom. The molecule has 0 fully saturated rings. The molecule has 0 saturated heterocycles. The number of rotatable bonds is 5. The molecule has 0 aliphatic carbocycles. The highest BCUT2D eigenvalue weighted by Crippen LogP contribution is 2.16. The summed E-state index contributed by atoms with van der Waals surface area (Å²) in [4.78, 5) is 24.6. The monoisotopic (exact) mass is 387 g/mol. The van der Waals surface area contributed by atoms with E-state index in [1.54, 1.807) is 43.3 Å². The second-order valence-corrected chi connectivity index (χ2v) is 6.56. The molecule has 29 heavy (non-hydrogen) atoms. The predicted octanol–water partition coefficient (Wildman–Crippen LogP) is 4.11. The van der Waals surface area contributed by atoms with Gasteiger partial charge < -0.3 is 10.4 Å². The Balaban J connectivity index is 1.71. The van der Waals surface area contributed by atoms with E-state index in [4.69, 9.17) is 0 Å². The molecule has 3 aromatic carbocycles. The fourth-order valence-corrected chi connectivity index (χ4v) is 2.74. The Kier molecular flexibility index (Phi) is 6.04. The molecule has 0 bridgehead atoms. The van der Waals surface area contributed by atoms with Crippen LogP contribution in [0.2, 0.25) is 0 Å². The molecule has 0 aliphatic heterocycles. The van der Waals surface area contributed by atoms with Crippen molar-refractivity contribution in [3.63, 3.8) is 0 Å². The SMILES string of the molecule is C/C(=N\NC(=O)c1ccccc1O)c1cccc(NC(=O)c2cccc(C)c2)c1. The Bertz CT molecular complexity index is 1090. The molecule has 3 N–H and O–H groups in total. The van der Waals surface area contributed by atoms with Crippen molar-refractivity contribution in [1.29, 1.82) is 0 Å². The summed E-state index contributed by atoms with van der Waals surface area (Å²) >= 11 is 0. The number of anilines is 1. The van der Waals surface area contributed by atoms with Gasteiger partial charge in [0.1, 0.15) is 5.75 Å². The third-order valence-corrected chi connectivity index (χ3v) is 4.29. The molecule has 0 radical (unpaired) electrons. The number of hydrogen-bond donors (Lipinski definition) is 3. The Morgan fingerprint density at radius 3 is 2.34 bits per heavy atom. The zero-order chi connectivity index (χ0) is 20.8. The Morgan fingerprint density at radius 2 is 1.59 bits per heavy atom. The summed E-state index contributed by atoms with van der Waals surface area (Å²) in [7, 11) is 0. The van der Waals surface area contributed by atoms with Crippen molar-refractivity contribution in [2.75, 3.05) is 5.32 Å². The molecule has 0 spiro atoms. The van der Waals surface area contributed by atoms with E-state index in [2.05, 4.69) is 15.8 Å². The fraction of sp³-hybridized carbons (Fsp3) is 0.0870. The second kappa shape index (κ2) is 8.84. The number of hydrogen-bond acceptors (Lipinski definition) is 4. The summed E-state index contributed by atoms with van der Waals surface area (Å²) in [5.41, 5.74) is 6.08. The van der Waals surface area contributed by atoms with Crippen LogP contribution in [0.4, 0.5) is 5.69 Å². The number of aromatic hydroxyl groups is 1. The first-order valence-electron chi connectivity index (χ1n) is 9.05. The van der Waals surface area contributed by atoms with Gasteiger partial charge in [0.15, 0.2) is 0 Å². The summed E-state index contributed by atoms with van der Waals surface area (Å²) < 4.78 is 0. The maximum absolute atomic E-state index is 12.4. The lowest BCUT2D eigenvalue weighted by atomic mass is 10.1. The van der Waals surface area contributed by atoms with Gasteiger partial charge in [0.2, 0.25) is 0 Å². The van der Waals surface area contributed by atoms with Crippen LogP contribution in [0, 0.1) is 6.92 Å². The van der Waals surface area contributed by atoms with E-state index in [-0.39, 0.29) is 17.2 Å². The zero-order valence-corrected chi connectivity index (χ0v) is 16.1. The van der Waals surface area contributed by atoms with Crippen LogP contribution in [-0.2, 0) is 0 Å². The Labute approximate surface area is 168 Å². The largest absolute Gasteiger partial charge is 0.507 e. The van der Waals surface area contributed by atoms with Crippen LogP contribution in [0.25, 0.3) is 0 Å². The average molecular weight is 387 g/mol. The van der Waals surface area contributed by atoms with E-state index < -0.39 is 5.91 Å². The van der Waals surface area contributed by atoms with Crippen molar-refractivity contribution in [2.45, 2.75) is 13.8 Å². The molecule has 0 atom stereocenters. The topological polar surface area (TPSA) is 90.8 Å². The number of amides is 2. The number of carbonyl (C=O) groups excluding carboxylic acids is 2. The molecule has 2 amide bonds. The molecule has 146 valence electrons. The molecule has 0 saturated carbocycles. The van der Waals surface area contributed by atoms with Gasteiger partial charge in [-0.3, -0.25) is 9.59 Å². The normalized spacial score (nSPS) is 11.0. The number of para-hydroxylation sites is 1. The van der Waals surface area contributed by atoms with E-state index in [0.717, 1.165) is 11.1 Å². The first kappa shape index (κ1) is 19.8. The minimum Gasteiger partial charge on any atom is -0.507 e. The molecule has 0 aromatic heterocycles. The number of hydrazone groups is 1. The van der Waals surface area contributed by atoms with Gasteiger partial charge in [-0.2, -0.15) is 5.10 Å². The van der Waals surface area contributed by atoms with Crippen molar-refractivity contribution in [2.24, 2.45) is 5.10 Å². The number of phenolic OH excluding ortho intramolecular Hbond substituents is 1. The highest BCUT2D eigenvalue weighted by Gasteiger charge is 2.10. The van der Waals surface area contributed by atoms with Crippen LogP contribution < -0.4 is 10.7 Å². The maximum Gasteiger partial charge on any atom is 0.275 e. The highest BCUT2D eigenvalue weighted by molar-refractivity contribution is 6.06. The number of phenols is 1. The fourth-order valence-electron chi connectivity index (χ4n) is 2.74. The maximum atomic E-state index is 12.4. The zero-order valence-electron chi connectivity index (χ0n) is 16.1. The molecular formula is C23H21N3O3. The van der Waals surface area contributed by atoms with E-state index >= 15 is 0 Å². The predicted molar refractivity (Wildman–Crippen MR) is 113 cm³/mol. The molecule has 0 heterocycles. The minimum absolute atomic E-state index is 0.112. The molecule has 6 nitrogen and oxygen atoms in total. The minimum atomic E-state index is -0.508. The van der Waals surface area contributed by atoms with Crippen molar-refractivity contribution >= 4 is 23.2 Å². The van der Waals surface area contributed by atoms with Crippen molar-refractivity contribution in [1.82, 2.24) is 5.43 Å². The highest BCUT2D eigenvalue weighted by atomic mass is 16.3. The van der Waals surface area contributed by atoms with Crippen LogP contribution in [0.5, 0.6) is 5.75 Å². The van der Waals surface area contributed by atoms with E-state index in [9.17, 15) is 14.7 Å². The summed E-state index contributed by atoms with van der Waals surface area (Å²) in [5, 5.41) is 16.7. The smallest absolute Gasteiger partial charge is 0.275 e. The number of nitrogens with zero attached hydrogens (tertiary/aromatic N) is 1. The first-order chi connectivity index (χ1) is 13.9. The van der Waals surface area contributed by atoms with E-state index in [1.807, 2.05) is 31.2 Å². The number of aryl methyl sites for hydroxylation is 1. The average Bonchev–Trinajstić information content (AvgIpc) is 2.72. The first-order valence-corrected chi connectivity index (χ1v) is 9.05. The summed E-state index contributed by atoms with van der Waals surface area (Å²) in [6.07, 6.45) is 0. The molecular weight excluding hydrogens is 366 g/mol. The standard InChI is InChI=1S/C23H21N3O3/c1-15-7-5-9-18(13-15)22(28)24-19-10-6-8-17(14-19)16(2)25-26-23(29)20-11-3-4-12-21(20)27/h3-14,27H,1-2H3,(H,24,28)(H,26,29)/b25-16+. The third kappa shape index (κ3) is 5.07. The molecule has 3 aromatic rings. The quantitative estimate of drug-likeness (QED) is 0.455. The molecule has 0 unspecified atom stereocenters. The number of nitrogens with one attached hydrogen (secondary N) is 2. The van der Waals surface area contributed by atoms with Crippen molar-refractivity contribution < 1.29 is 14.7 Å². The Hall–Kier alpha value is -3.93. The number of carbonyl (C=O) groups is 2. The lowest BCUT2D eigenvalue weighted by Crippen LogP contribution is -2.19. The van der Waals surface area contributed by atoms with Crippen LogP contribution in [-0.4, -0.2) is 22.6 Å². The van der Waals surface area contributed by atoms with Crippen LogP contribution >= 0.6 is 0 Å².